The lowest BCUT2D eigenvalue weighted by atomic mass is 10.9. The van der Waals surface area contributed by atoms with Crippen molar-refractivity contribution in [2.24, 2.45) is 0 Å². The molecular formula is C7H15O4PS2. The first kappa shape index (κ1) is 14.4. The topological polar surface area (TPSA) is 44.8 Å². The zero-order chi connectivity index (χ0) is 11.0. The fourth-order valence-electron chi connectivity index (χ4n) is 0.642. The summed E-state index contributed by atoms with van der Waals surface area (Å²) in [6.07, 6.45) is 0. The van der Waals surface area contributed by atoms with Gasteiger partial charge in [-0.3, -0.25) is 0 Å². The third kappa shape index (κ3) is 5.98. The van der Waals surface area contributed by atoms with Gasteiger partial charge in [0.05, 0.1) is 19.8 Å². The van der Waals surface area contributed by atoms with Crippen LogP contribution >= 0.6 is 17.1 Å². The van der Waals surface area contributed by atoms with Gasteiger partial charge in [0, 0.05) is 11.4 Å². The van der Waals surface area contributed by atoms with Crippen LogP contribution in [-0.2, 0) is 25.6 Å². The first-order valence-electron chi connectivity index (χ1n) is 4.33. The van der Waals surface area contributed by atoms with Crippen molar-refractivity contribution in [3.8, 4) is 0 Å². The molecule has 0 aliphatic carbocycles. The van der Waals surface area contributed by atoms with E-state index >= 15 is 0 Å². The van der Waals surface area contributed by atoms with E-state index in [1.807, 2.05) is 13.8 Å². The van der Waals surface area contributed by atoms with Gasteiger partial charge in [0.15, 0.2) is 0 Å². The van der Waals surface area contributed by atoms with Crippen molar-refractivity contribution in [1.82, 2.24) is 0 Å². The summed E-state index contributed by atoms with van der Waals surface area (Å²) in [5, 5.41) is -0.433. The highest BCUT2D eigenvalue weighted by molar-refractivity contribution is 8.73. The van der Waals surface area contributed by atoms with Crippen LogP contribution in [0.15, 0.2) is 0 Å². The van der Waals surface area contributed by atoms with Crippen LogP contribution in [0.2, 0.25) is 0 Å². The monoisotopic (exact) mass is 258 g/mol. The normalized spacial score (nSPS) is 11.4. The molecule has 0 aliphatic rings. The van der Waals surface area contributed by atoms with Crippen LogP contribution in [0.4, 0.5) is 4.79 Å². The minimum absolute atomic E-state index is 0.333. The molecule has 0 fully saturated rings. The predicted molar refractivity (Wildman–Crippen MR) is 62.2 cm³/mol. The van der Waals surface area contributed by atoms with Gasteiger partial charge in [0.25, 0.3) is 5.69 Å². The Morgan fingerprint density at radius 2 is 1.71 bits per heavy atom. The zero-order valence-corrected chi connectivity index (χ0v) is 11.0. The fourth-order valence-corrected chi connectivity index (χ4v) is 4.64. The van der Waals surface area contributed by atoms with Gasteiger partial charge in [0.1, 0.15) is 0 Å². The minimum Gasteiger partial charge on any atom is -0.458 e. The van der Waals surface area contributed by atoms with E-state index in [2.05, 4.69) is 0 Å². The van der Waals surface area contributed by atoms with Crippen molar-refractivity contribution in [2.45, 2.75) is 20.8 Å². The Hall–Kier alpha value is 0.390. The molecule has 0 amide bonds. The molecule has 0 unspecified atom stereocenters. The molecule has 14 heavy (non-hydrogen) atoms. The van der Waals surface area contributed by atoms with E-state index in [0.717, 1.165) is 11.4 Å². The summed E-state index contributed by atoms with van der Waals surface area (Å²) in [6, 6.07) is 0. The molecule has 84 valence electrons. The van der Waals surface area contributed by atoms with Gasteiger partial charge in [0.2, 0.25) is 0 Å². The maximum absolute atomic E-state index is 11.2. The summed E-state index contributed by atoms with van der Waals surface area (Å²) in [5.41, 5.74) is -2.53. The van der Waals surface area contributed by atoms with Crippen molar-refractivity contribution in [2.75, 3.05) is 19.8 Å². The van der Waals surface area contributed by atoms with Crippen molar-refractivity contribution < 1.29 is 18.6 Å². The third-order valence-electron chi connectivity index (χ3n) is 1.02. The SMILES string of the molecule is CCOC(=O)SP(=S)(OCC)OCC. The largest absolute Gasteiger partial charge is 0.458 e. The minimum atomic E-state index is -2.53. The molecule has 0 radical (unpaired) electrons. The van der Waals surface area contributed by atoms with E-state index in [1.54, 1.807) is 6.92 Å². The van der Waals surface area contributed by atoms with Crippen LogP contribution in [0.3, 0.4) is 0 Å². The van der Waals surface area contributed by atoms with Crippen LogP contribution in [0, 0.1) is 0 Å². The second kappa shape index (κ2) is 7.65. The quantitative estimate of drug-likeness (QED) is 0.538. The van der Waals surface area contributed by atoms with Crippen molar-refractivity contribution in [1.29, 1.82) is 0 Å². The first-order valence-corrected chi connectivity index (χ1v) is 8.39. The Morgan fingerprint density at radius 3 is 2.07 bits per heavy atom. The van der Waals surface area contributed by atoms with Crippen LogP contribution in [-0.4, -0.2) is 25.1 Å². The molecule has 0 bridgehead atoms. The van der Waals surface area contributed by atoms with Gasteiger partial charge in [-0.05, 0) is 32.6 Å². The molecular weight excluding hydrogens is 243 g/mol. The zero-order valence-electron chi connectivity index (χ0n) is 8.52. The molecule has 0 heterocycles. The molecule has 4 nitrogen and oxygen atoms in total. The molecule has 0 rings (SSSR count). The van der Waals surface area contributed by atoms with Gasteiger partial charge < -0.3 is 13.8 Å². The molecule has 0 aromatic heterocycles. The average Bonchev–Trinajstić information content (AvgIpc) is 2.04. The third-order valence-corrected chi connectivity index (χ3v) is 5.72. The van der Waals surface area contributed by atoms with E-state index in [9.17, 15) is 4.79 Å². The molecule has 0 atom stereocenters. The first-order chi connectivity index (χ1) is 6.58. The summed E-state index contributed by atoms with van der Waals surface area (Å²) < 4.78 is 15.3. The van der Waals surface area contributed by atoms with Crippen LogP contribution < -0.4 is 0 Å². The standard InChI is InChI=1S/C7H15O4PS2/c1-4-9-7(8)14-12(13,10-5-2)11-6-3/h4-6H2,1-3H3. The molecule has 0 saturated carbocycles. The molecule has 0 aliphatic heterocycles. The summed E-state index contributed by atoms with van der Waals surface area (Å²) >= 11 is 5.96. The number of ether oxygens (including phenoxy) is 1. The van der Waals surface area contributed by atoms with Gasteiger partial charge in [-0.1, -0.05) is 0 Å². The predicted octanol–water partition coefficient (Wildman–Crippen LogP) is 3.17. The number of hydrogen-bond donors (Lipinski definition) is 0. The Morgan fingerprint density at radius 1 is 1.21 bits per heavy atom. The van der Waals surface area contributed by atoms with Crippen LogP contribution in [0.5, 0.6) is 0 Å². The van der Waals surface area contributed by atoms with Gasteiger partial charge in [-0.15, -0.1) is 0 Å². The molecule has 0 aromatic carbocycles. The van der Waals surface area contributed by atoms with Gasteiger partial charge >= 0.3 is 5.30 Å². The van der Waals surface area contributed by atoms with E-state index in [-0.39, 0.29) is 0 Å². The van der Waals surface area contributed by atoms with Crippen molar-refractivity contribution in [3.05, 3.63) is 0 Å². The molecule has 0 N–H and O–H groups in total. The average molecular weight is 258 g/mol. The molecule has 0 saturated heterocycles. The lowest BCUT2D eigenvalue weighted by Crippen LogP contribution is -1.99. The highest BCUT2D eigenvalue weighted by Crippen LogP contribution is 2.61. The second-order valence-corrected chi connectivity index (χ2v) is 8.11. The van der Waals surface area contributed by atoms with Crippen molar-refractivity contribution in [3.63, 3.8) is 0 Å². The van der Waals surface area contributed by atoms with Gasteiger partial charge in [-0.25, -0.2) is 4.79 Å². The Balaban J connectivity index is 4.21. The molecule has 0 aromatic rings. The van der Waals surface area contributed by atoms with Crippen LogP contribution in [0.25, 0.3) is 0 Å². The highest BCUT2D eigenvalue weighted by atomic mass is 32.9. The van der Waals surface area contributed by atoms with E-state index in [4.69, 9.17) is 25.6 Å². The van der Waals surface area contributed by atoms with E-state index in [1.165, 1.54) is 0 Å². The number of carbonyl (C=O) groups excluding carboxylic acids is 1. The summed E-state index contributed by atoms with van der Waals surface area (Å²) in [4.78, 5) is 11.2. The smallest absolute Gasteiger partial charge is 0.376 e. The summed E-state index contributed by atoms with van der Waals surface area (Å²) in [7, 11) is 0. The number of hydrogen-bond acceptors (Lipinski definition) is 6. The Kier molecular flexibility index (Phi) is 7.86. The van der Waals surface area contributed by atoms with E-state index in [0.29, 0.717) is 19.8 Å². The maximum atomic E-state index is 11.2. The summed E-state index contributed by atoms with van der Waals surface area (Å²) in [5.74, 6) is 0. The van der Waals surface area contributed by atoms with Crippen LogP contribution in [0.1, 0.15) is 20.8 Å². The molecule has 7 heteroatoms. The lowest BCUT2D eigenvalue weighted by molar-refractivity contribution is 0.181. The Bertz CT molecular complexity index is 212. The van der Waals surface area contributed by atoms with E-state index < -0.39 is 11.0 Å². The lowest BCUT2D eigenvalue weighted by Gasteiger charge is -2.18. The van der Waals surface area contributed by atoms with Gasteiger partial charge in [-0.2, -0.15) is 0 Å². The number of carbonyl (C=O) groups is 1. The summed E-state index contributed by atoms with van der Waals surface area (Å²) in [6.45, 7) is 6.56. The second-order valence-electron chi connectivity index (χ2n) is 2.06. The highest BCUT2D eigenvalue weighted by Gasteiger charge is 2.24. The van der Waals surface area contributed by atoms with Crippen molar-refractivity contribution >= 4 is 34.2 Å². The maximum Gasteiger partial charge on any atom is 0.376 e. The molecule has 0 spiro atoms. The Labute approximate surface area is 93.6 Å². The number of rotatable bonds is 6. The fraction of sp³-hybridized carbons (Fsp3) is 0.857.